The quantitative estimate of drug-likeness (QED) is 0.515. The van der Waals surface area contributed by atoms with E-state index in [0.717, 1.165) is 25.8 Å². The molecule has 0 saturated carbocycles. The maximum absolute atomic E-state index is 12.7. The van der Waals surface area contributed by atoms with E-state index in [-0.39, 0.29) is 0 Å². The highest BCUT2D eigenvalue weighted by Crippen LogP contribution is 2.35. The number of rotatable bonds is 5. The summed E-state index contributed by atoms with van der Waals surface area (Å²) in [6.07, 6.45) is 0. The highest BCUT2D eigenvalue weighted by Gasteiger charge is 2.15. The molecule has 4 rings (SSSR count). The number of hydrogen-bond acceptors (Lipinski definition) is 6. The molecular formula is C22H19N3O5S. The van der Waals surface area contributed by atoms with Gasteiger partial charge in [-0.1, -0.05) is 6.07 Å². The number of carbonyl (C=O) groups is 1. The molecule has 0 aliphatic heterocycles. The fourth-order valence-corrected chi connectivity index (χ4v) is 4.09. The van der Waals surface area contributed by atoms with Gasteiger partial charge in [0.25, 0.3) is 5.56 Å². The summed E-state index contributed by atoms with van der Waals surface area (Å²) >= 11 is 1.30. The van der Waals surface area contributed by atoms with Crippen LogP contribution in [0.15, 0.2) is 52.1 Å². The molecule has 0 bridgehead atoms. The molecule has 1 N–H and O–H groups in total. The Morgan fingerprint density at radius 2 is 1.90 bits per heavy atom. The van der Waals surface area contributed by atoms with Crippen LogP contribution in [0.25, 0.3) is 27.0 Å². The van der Waals surface area contributed by atoms with Crippen molar-refractivity contribution in [3.63, 3.8) is 0 Å². The normalized spacial score (nSPS) is 11.1. The lowest BCUT2D eigenvalue weighted by Crippen LogP contribution is -2.38. The average molecular weight is 437 g/mol. The van der Waals surface area contributed by atoms with Crippen LogP contribution in [0.5, 0.6) is 5.75 Å². The van der Waals surface area contributed by atoms with E-state index in [0.29, 0.717) is 22.8 Å². The first-order valence-electron chi connectivity index (χ1n) is 9.41. The van der Waals surface area contributed by atoms with Gasteiger partial charge in [-0.2, -0.15) is 4.37 Å². The monoisotopic (exact) mass is 437 g/mol. The largest absolute Gasteiger partial charge is 0.482 e. The second-order valence-electron chi connectivity index (χ2n) is 7.17. The average Bonchev–Trinajstić information content (AvgIpc) is 3.14. The lowest BCUT2D eigenvalue weighted by molar-refractivity contribution is -0.139. The molecule has 8 nitrogen and oxygen atoms in total. The highest BCUT2D eigenvalue weighted by atomic mass is 32.1. The first kappa shape index (κ1) is 20.5. The number of carboxylic acid groups (broad SMARTS) is 1. The minimum Gasteiger partial charge on any atom is -0.482 e. The lowest BCUT2D eigenvalue weighted by atomic mass is 10.0. The van der Waals surface area contributed by atoms with Crippen molar-refractivity contribution in [3.8, 4) is 22.7 Å². The van der Waals surface area contributed by atoms with Gasteiger partial charge in [-0.15, -0.1) is 0 Å². The number of aromatic nitrogens is 3. The van der Waals surface area contributed by atoms with Crippen molar-refractivity contribution in [1.29, 1.82) is 0 Å². The third kappa shape index (κ3) is 3.75. The lowest BCUT2D eigenvalue weighted by Gasteiger charge is -2.10. The Bertz CT molecular complexity index is 1450. The minimum atomic E-state index is -1.06. The summed E-state index contributed by atoms with van der Waals surface area (Å²) in [5, 5.41) is 9.64. The zero-order valence-electron chi connectivity index (χ0n) is 17.1. The van der Waals surface area contributed by atoms with Crippen LogP contribution in [0.1, 0.15) is 11.3 Å². The molecule has 2 aromatic heterocycles. The molecule has 2 aromatic carbocycles. The van der Waals surface area contributed by atoms with Crippen molar-refractivity contribution < 1.29 is 14.6 Å². The number of carboxylic acids is 1. The van der Waals surface area contributed by atoms with Gasteiger partial charge in [0.2, 0.25) is 0 Å². The summed E-state index contributed by atoms with van der Waals surface area (Å²) in [5.74, 6) is -0.639. The van der Waals surface area contributed by atoms with Crippen LogP contribution >= 0.6 is 11.5 Å². The van der Waals surface area contributed by atoms with Crippen molar-refractivity contribution in [3.05, 3.63) is 74.6 Å². The summed E-state index contributed by atoms with van der Waals surface area (Å²) in [5.41, 5.74) is 2.62. The Morgan fingerprint density at radius 1 is 1.13 bits per heavy atom. The third-order valence-corrected chi connectivity index (χ3v) is 5.92. The van der Waals surface area contributed by atoms with Crippen molar-refractivity contribution in [2.24, 2.45) is 7.05 Å². The van der Waals surface area contributed by atoms with E-state index in [4.69, 9.17) is 9.84 Å². The fourth-order valence-electron chi connectivity index (χ4n) is 3.32. The maximum Gasteiger partial charge on any atom is 0.341 e. The number of benzene rings is 2. The molecule has 0 aliphatic rings. The summed E-state index contributed by atoms with van der Waals surface area (Å²) < 4.78 is 13.3. The van der Waals surface area contributed by atoms with Gasteiger partial charge in [-0.3, -0.25) is 4.79 Å². The molecule has 0 spiro atoms. The molecule has 158 valence electrons. The predicted octanol–water partition coefficient (Wildman–Crippen LogP) is 2.89. The van der Waals surface area contributed by atoms with Gasteiger partial charge in [-0.25, -0.2) is 14.2 Å². The van der Waals surface area contributed by atoms with Crippen LogP contribution in [0, 0.1) is 13.8 Å². The van der Waals surface area contributed by atoms with Gasteiger partial charge in [0, 0.05) is 29.8 Å². The number of aryl methyl sites for hydroxylation is 2. The summed E-state index contributed by atoms with van der Waals surface area (Å²) in [6, 6.07) is 12.0. The first-order valence-corrected chi connectivity index (χ1v) is 10.2. The molecule has 0 amide bonds. The van der Waals surface area contributed by atoms with Crippen molar-refractivity contribution in [1.82, 2.24) is 13.5 Å². The zero-order valence-corrected chi connectivity index (χ0v) is 17.9. The first-order chi connectivity index (χ1) is 14.8. The van der Waals surface area contributed by atoms with Gasteiger partial charge in [0.05, 0.1) is 16.1 Å². The van der Waals surface area contributed by atoms with Crippen LogP contribution in [0.3, 0.4) is 0 Å². The predicted molar refractivity (Wildman–Crippen MR) is 118 cm³/mol. The van der Waals surface area contributed by atoms with E-state index < -0.39 is 23.8 Å². The number of hydrogen-bond donors (Lipinski definition) is 1. The Balaban J connectivity index is 1.87. The number of fused-ring (bicyclic) bond motifs is 1. The molecule has 0 atom stereocenters. The van der Waals surface area contributed by atoms with Gasteiger partial charge >= 0.3 is 11.7 Å². The summed E-state index contributed by atoms with van der Waals surface area (Å²) in [6.45, 7) is 3.19. The summed E-state index contributed by atoms with van der Waals surface area (Å²) in [7, 11) is 1.62. The molecule has 0 radical (unpaired) electrons. The Morgan fingerprint density at radius 3 is 2.65 bits per heavy atom. The van der Waals surface area contributed by atoms with Crippen LogP contribution in [-0.2, 0) is 11.8 Å². The number of ether oxygens (including phenoxy) is 1. The molecule has 9 heteroatoms. The molecular weight excluding hydrogens is 418 g/mol. The van der Waals surface area contributed by atoms with Gasteiger partial charge in [0.1, 0.15) is 5.75 Å². The van der Waals surface area contributed by atoms with Crippen LogP contribution < -0.4 is 16.0 Å². The highest BCUT2D eigenvalue weighted by molar-refractivity contribution is 7.13. The Kier molecular flexibility index (Phi) is 5.20. The van der Waals surface area contributed by atoms with Gasteiger partial charge in [0.15, 0.2) is 6.61 Å². The van der Waals surface area contributed by atoms with E-state index in [1.165, 1.54) is 22.2 Å². The van der Waals surface area contributed by atoms with Crippen molar-refractivity contribution in [2.75, 3.05) is 6.61 Å². The van der Waals surface area contributed by atoms with Gasteiger partial charge < -0.3 is 14.4 Å². The maximum atomic E-state index is 12.7. The van der Waals surface area contributed by atoms with E-state index in [9.17, 15) is 14.4 Å². The Labute approximate surface area is 180 Å². The van der Waals surface area contributed by atoms with E-state index in [2.05, 4.69) is 4.37 Å². The minimum absolute atomic E-state index is 0.398. The van der Waals surface area contributed by atoms with Crippen LogP contribution in [0.2, 0.25) is 0 Å². The van der Waals surface area contributed by atoms with E-state index >= 15 is 0 Å². The smallest absolute Gasteiger partial charge is 0.341 e. The third-order valence-electron chi connectivity index (χ3n) is 5.10. The zero-order chi connectivity index (χ0) is 22.3. The van der Waals surface area contributed by atoms with Crippen LogP contribution in [0.4, 0.5) is 0 Å². The standard InChI is InChI=1S/C22H19N3O5S/c1-12-4-6-15(30-11-20(27)28)10-16(12)21-17-9-14(5-7-18(17)31-23-21)25-19(26)8-13(2)24(3)22(25)29/h4-10H,11H2,1-3H3,(H,27,28). The molecule has 0 unspecified atom stereocenters. The topological polar surface area (TPSA) is 103 Å². The van der Waals surface area contributed by atoms with Gasteiger partial charge in [-0.05, 0) is 61.3 Å². The summed E-state index contributed by atoms with van der Waals surface area (Å²) in [4.78, 5) is 36.1. The number of nitrogens with zero attached hydrogens (tertiary/aromatic N) is 3. The second-order valence-corrected chi connectivity index (χ2v) is 7.98. The molecule has 2 heterocycles. The van der Waals surface area contributed by atoms with Crippen molar-refractivity contribution in [2.45, 2.75) is 13.8 Å². The van der Waals surface area contributed by atoms with E-state index in [1.807, 2.05) is 19.1 Å². The second kappa shape index (κ2) is 7.84. The molecule has 4 aromatic rings. The van der Waals surface area contributed by atoms with E-state index in [1.54, 1.807) is 38.2 Å². The Hall–Kier alpha value is -3.72. The molecule has 0 aliphatic carbocycles. The number of aliphatic carboxylic acids is 1. The molecule has 31 heavy (non-hydrogen) atoms. The van der Waals surface area contributed by atoms with Crippen LogP contribution in [-0.4, -0.2) is 31.2 Å². The SMILES string of the molecule is Cc1ccc(OCC(=O)O)cc1-c1nsc2ccc(-n3c(=O)cc(C)n(C)c3=O)cc12. The molecule has 0 fully saturated rings. The molecule has 0 saturated heterocycles. The van der Waals surface area contributed by atoms with Crippen molar-refractivity contribution >= 4 is 27.6 Å². The fraction of sp³-hybridized carbons (Fsp3) is 0.182.